The molecule has 0 aliphatic heterocycles. The molecule has 0 aromatic rings. The van der Waals surface area contributed by atoms with Crippen molar-refractivity contribution in [2.24, 2.45) is 0 Å². The molecule has 102 valence electrons. The molecule has 0 aromatic heterocycles. The van der Waals surface area contributed by atoms with Gasteiger partial charge in [0, 0.05) is 13.0 Å². The summed E-state index contributed by atoms with van der Waals surface area (Å²) in [5, 5.41) is 2.63. The Morgan fingerprint density at radius 3 is 2.35 bits per heavy atom. The van der Waals surface area contributed by atoms with E-state index in [1.54, 1.807) is 0 Å². The normalized spacial score (nSPS) is 11.4. The predicted molar refractivity (Wildman–Crippen MR) is 67.4 cm³/mol. The number of amides is 1. The molecule has 6 heteroatoms. The SMILES string of the molecule is CCCCCCCC(=O)NCCCS(=O)(=O)O. The molecule has 0 spiro atoms. The molecule has 0 aliphatic rings. The first-order valence-corrected chi connectivity index (χ1v) is 7.78. The van der Waals surface area contributed by atoms with Gasteiger partial charge in [0.1, 0.15) is 0 Å². The molecule has 0 saturated carbocycles. The van der Waals surface area contributed by atoms with E-state index in [1.807, 2.05) is 0 Å². The summed E-state index contributed by atoms with van der Waals surface area (Å²) in [6.45, 7) is 2.44. The van der Waals surface area contributed by atoms with Crippen molar-refractivity contribution in [1.82, 2.24) is 5.32 Å². The van der Waals surface area contributed by atoms with Gasteiger partial charge in [-0.15, -0.1) is 0 Å². The Labute approximate surface area is 104 Å². The second kappa shape index (κ2) is 9.41. The first-order valence-electron chi connectivity index (χ1n) is 6.17. The lowest BCUT2D eigenvalue weighted by Crippen LogP contribution is -2.25. The quantitative estimate of drug-likeness (QED) is 0.465. The maximum absolute atomic E-state index is 11.3. The minimum Gasteiger partial charge on any atom is -0.356 e. The van der Waals surface area contributed by atoms with E-state index in [9.17, 15) is 13.2 Å². The zero-order chi connectivity index (χ0) is 13.1. The van der Waals surface area contributed by atoms with Crippen LogP contribution in [0.25, 0.3) is 0 Å². The molecular formula is C11H23NO4S. The van der Waals surface area contributed by atoms with Gasteiger partial charge >= 0.3 is 0 Å². The molecule has 2 N–H and O–H groups in total. The Morgan fingerprint density at radius 2 is 1.76 bits per heavy atom. The smallest absolute Gasteiger partial charge is 0.264 e. The van der Waals surface area contributed by atoms with Crippen LogP contribution in [-0.2, 0) is 14.9 Å². The van der Waals surface area contributed by atoms with Gasteiger partial charge in [0.25, 0.3) is 10.1 Å². The molecule has 0 aromatic carbocycles. The fourth-order valence-corrected chi connectivity index (χ4v) is 1.97. The van der Waals surface area contributed by atoms with E-state index < -0.39 is 10.1 Å². The highest BCUT2D eigenvalue weighted by Crippen LogP contribution is 2.04. The lowest BCUT2D eigenvalue weighted by molar-refractivity contribution is -0.121. The lowest BCUT2D eigenvalue weighted by atomic mass is 10.1. The van der Waals surface area contributed by atoms with Crippen LogP contribution in [0.2, 0.25) is 0 Å². The van der Waals surface area contributed by atoms with Crippen LogP contribution in [0.15, 0.2) is 0 Å². The van der Waals surface area contributed by atoms with Crippen LogP contribution in [0.1, 0.15) is 51.9 Å². The third-order valence-electron chi connectivity index (χ3n) is 2.41. The summed E-state index contributed by atoms with van der Waals surface area (Å²) in [6.07, 6.45) is 6.23. The third-order valence-corrected chi connectivity index (χ3v) is 3.21. The van der Waals surface area contributed by atoms with Gasteiger partial charge in [-0.2, -0.15) is 8.42 Å². The average Bonchev–Trinajstić information content (AvgIpc) is 2.23. The van der Waals surface area contributed by atoms with Gasteiger partial charge in [0.2, 0.25) is 5.91 Å². The van der Waals surface area contributed by atoms with Crippen molar-refractivity contribution in [2.75, 3.05) is 12.3 Å². The molecule has 0 fully saturated rings. The third kappa shape index (κ3) is 13.3. The summed E-state index contributed by atoms with van der Waals surface area (Å²) < 4.78 is 29.2. The maximum atomic E-state index is 11.3. The van der Waals surface area contributed by atoms with E-state index in [2.05, 4.69) is 12.2 Å². The number of nitrogens with one attached hydrogen (secondary N) is 1. The molecule has 0 radical (unpaired) electrons. The minimum absolute atomic E-state index is 0.0446. The van der Waals surface area contributed by atoms with E-state index in [0.29, 0.717) is 13.0 Å². The summed E-state index contributed by atoms with van der Waals surface area (Å²) >= 11 is 0. The Morgan fingerprint density at radius 1 is 1.12 bits per heavy atom. The van der Waals surface area contributed by atoms with Crippen LogP contribution < -0.4 is 5.32 Å². The molecule has 0 unspecified atom stereocenters. The lowest BCUT2D eigenvalue weighted by Gasteiger charge is -2.04. The van der Waals surface area contributed by atoms with E-state index in [1.165, 1.54) is 12.8 Å². The largest absolute Gasteiger partial charge is 0.356 e. The van der Waals surface area contributed by atoms with Gasteiger partial charge in [0.05, 0.1) is 5.75 Å². The molecule has 0 rings (SSSR count). The van der Waals surface area contributed by atoms with Gasteiger partial charge < -0.3 is 5.32 Å². The second-order valence-electron chi connectivity index (χ2n) is 4.15. The van der Waals surface area contributed by atoms with Gasteiger partial charge in [0.15, 0.2) is 0 Å². The molecule has 0 aliphatic carbocycles. The van der Waals surface area contributed by atoms with Crippen molar-refractivity contribution in [1.29, 1.82) is 0 Å². The molecule has 17 heavy (non-hydrogen) atoms. The molecule has 1 amide bonds. The van der Waals surface area contributed by atoms with Crippen molar-refractivity contribution >= 4 is 16.0 Å². The molecule has 0 atom stereocenters. The number of hydrogen-bond donors (Lipinski definition) is 2. The highest BCUT2D eigenvalue weighted by molar-refractivity contribution is 7.85. The Kier molecular flexibility index (Phi) is 9.07. The zero-order valence-corrected chi connectivity index (χ0v) is 11.3. The number of hydrogen-bond acceptors (Lipinski definition) is 3. The van der Waals surface area contributed by atoms with Crippen LogP contribution in [0.5, 0.6) is 0 Å². The van der Waals surface area contributed by atoms with Crippen LogP contribution in [0.3, 0.4) is 0 Å². The average molecular weight is 265 g/mol. The van der Waals surface area contributed by atoms with Crippen molar-refractivity contribution in [3.63, 3.8) is 0 Å². The van der Waals surface area contributed by atoms with Crippen molar-refractivity contribution in [2.45, 2.75) is 51.9 Å². The monoisotopic (exact) mass is 265 g/mol. The number of carbonyl (C=O) groups excluding carboxylic acids is 1. The molecule has 0 bridgehead atoms. The molecule has 0 heterocycles. The summed E-state index contributed by atoms with van der Waals surface area (Å²) in [5.41, 5.74) is 0. The fourth-order valence-electron chi connectivity index (χ4n) is 1.46. The first kappa shape index (κ1) is 16.4. The molecule has 5 nitrogen and oxygen atoms in total. The van der Waals surface area contributed by atoms with Crippen LogP contribution in [0.4, 0.5) is 0 Å². The Balaban J connectivity index is 3.35. The Bertz CT molecular complexity index is 301. The number of carbonyl (C=O) groups is 1. The highest BCUT2D eigenvalue weighted by atomic mass is 32.2. The van der Waals surface area contributed by atoms with Crippen molar-refractivity contribution < 1.29 is 17.8 Å². The van der Waals surface area contributed by atoms with E-state index >= 15 is 0 Å². The fraction of sp³-hybridized carbons (Fsp3) is 0.909. The summed E-state index contributed by atoms with van der Waals surface area (Å²) in [7, 11) is -3.90. The van der Waals surface area contributed by atoms with Gasteiger partial charge in [-0.25, -0.2) is 0 Å². The standard InChI is InChI=1S/C11H23NO4S/c1-2-3-4-5-6-8-11(13)12-9-7-10-17(14,15)16/h2-10H2,1H3,(H,12,13)(H,14,15,16). The summed E-state index contributed by atoms with van der Waals surface area (Å²) in [4.78, 5) is 11.3. The van der Waals surface area contributed by atoms with Crippen LogP contribution in [-0.4, -0.2) is 31.2 Å². The van der Waals surface area contributed by atoms with E-state index in [4.69, 9.17) is 4.55 Å². The summed E-state index contributed by atoms with van der Waals surface area (Å²) in [6, 6.07) is 0. The topological polar surface area (TPSA) is 83.5 Å². The minimum atomic E-state index is -3.90. The predicted octanol–water partition coefficient (Wildman–Crippen LogP) is 1.74. The van der Waals surface area contributed by atoms with Crippen molar-refractivity contribution in [3.8, 4) is 0 Å². The van der Waals surface area contributed by atoms with Gasteiger partial charge in [-0.05, 0) is 12.8 Å². The highest BCUT2D eigenvalue weighted by Gasteiger charge is 2.05. The second-order valence-corrected chi connectivity index (χ2v) is 5.73. The first-order chi connectivity index (χ1) is 7.95. The summed E-state index contributed by atoms with van der Waals surface area (Å²) in [5.74, 6) is -0.346. The molecular weight excluding hydrogens is 242 g/mol. The van der Waals surface area contributed by atoms with E-state index in [-0.39, 0.29) is 18.1 Å². The van der Waals surface area contributed by atoms with Crippen LogP contribution >= 0.6 is 0 Å². The van der Waals surface area contributed by atoms with Gasteiger partial charge in [-0.3, -0.25) is 9.35 Å². The molecule has 0 saturated heterocycles. The number of unbranched alkanes of at least 4 members (excludes halogenated alkanes) is 4. The van der Waals surface area contributed by atoms with Crippen LogP contribution in [0, 0.1) is 0 Å². The van der Waals surface area contributed by atoms with Crippen molar-refractivity contribution in [3.05, 3.63) is 0 Å². The maximum Gasteiger partial charge on any atom is 0.264 e. The van der Waals surface area contributed by atoms with E-state index in [0.717, 1.165) is 19.3 Å². The van der Waals surface area contributed by atoms with Gasteiger partial charge in [-0.1, -0.05) is 32.6 Å². The number of rotatable bonds is 10. The Hall–Kier alpha value is -0.620. The zero-order valence-electron chi connectivity index (χ0n) is 10.4.